The monoisotopic (exact) mass is 597 g/mol. The molecule has 3 rings (SSSR count). The number of rotatable bonds is 14. The number of anilines is 1. The molecule has 8 nitrogen and oxygen atoms in total. The van der Waals surface area contributed by atoms with E-state index in [1.54, 1.807) is 50.2 Å². The number of nitrogens with one attached hydrogen (secondary N) is 1. The Bertz CT molecular complexity index is 1400. The van der Waals surface area contributed by atoms with Gasteiger partial charge in [-0.05, 0) is 75.4 Å². The van der Waals surface area contributed by atoms with E-state index < -0.39 is 28.5 Å². The Morgan fingerprint density at radius 3 is 2.17 bits per heavy atom. The summed E-state index contributed by atoms with van der Waals surface area (Å²) in [5.41, 5.74) is 1.06. The molecule has 3 aromatic carbocycles. The zero-order valence-electron chi connectivity index (χ0n) is 24.2. The van der Waals surface area contributed by atoms with Crippen LogP contribution in [0.3, 0.4) is 0 Å². The van der Waals surface area contributed by atoms with Crippen molar-refractivity contribution in [3.05, 3.63) is 84.4 Å². The lowest BCUT2D eigenvalue weighted by Crippen LogP contribution is -2.52. The molecule has 0 heterocycles. The number of nitrogens with zero attached hydrogens (tertiary/aromatic N) is 2. The second kappa shape index (κ2) is 14.9. The second-order valence-corrected chi connectivity index (χ2v) is 12.3. The number of sulfonamides is 1. The van der Waals surface area contributed by atoms with Crippen LogP contribution in [0.15, 0.2) is 88.7 Å². The fourth-order valence-electron chi connectivity index (χ4n) is 4.16. The number of thioether (sulfide) groups is 1. The first kappa shape index (κ1) is 32.0. The van der Waals surface area contributed by atoms with Gasteiger partial charge in [-0.2, -0.15) is 0 Å². The first-order valence-corrected chi connectivity index (χ1v) is 16.3. The van der Waals surface area contributed by atoms with Gasteiger partial charge >= 0.3 is 0 Å². The van der Waals surface area contributed by atoms with E-state index in [9.17, 15) is 18.0 Å². The second-order valence-electron chi connectivity index (χ2n) is 9.59. The Morgan fingerprint density at radius 2 is 1.56 bits per heavy atom. The summed E-state index contributed by atoms with van der Waals surface area (Å²) >= 11 is 1.50. The molecular weight excluding hydrogens is 558 g/mol. The largest absolute Gasteiger partial charge is 0.492 e. The van der Waals surface area contributed by atoms with Crippen LogP contribution in [0.4, 0.5) is 5.69 Å². The summed E-state index contributed by atoms with van der Waals surface area (Å²) in [5.74, 6) is -0.485. The van der Waals surface area contributed by atoms with E-state index in [1.165, 1.54) is 28.8 Å². The van der Waals surface area contributed by atoms with Crippen LogP contribution in [0.25, 0.3) is 0 Å². The summed E-state index contributed by atoms with van der Waals surface area (Å²) in [4.78, 5) is 29.6. The summed E-state index contributed by atoms with van der Waals surface area (Å²) in [6.45, 7) is 7.26. The first-order valence-electron chi connectivity index (χ1n) is 13.6. The van der Waals surface area contributed by atoms with Gasteiger partial charge in [0.25, 0.3) is 10.0 Å². The molecule has 1 N–H and O–H groups in total. The molecule has 0 aliphatic rings. The van der Waals surface area contributed by atoms with Crippen molar-refractivity contribution < 1.29 is 22.7 Å². The highest BCUT2D eigenvalue weighted by Gasteiger charge is 2.34. The number of ether oxygens (including phenoxy) is 1. The van der Waals surface area contributed by atoms with Crippen LogP contribution >= 0.6 is 11.8 Å². The molecule has 41 heavy (non-hydrogen) atoms. The van der Waals surface area contributed by atoms with Crippen molar-refractivity contribution in [3.8, 4) is 5.75 Å². The summed E-state index contributed by atoms with van der Waals surface area (Å²) in [5, 5.41) is 2.94. The maximum absolute atomic E-state index is 14.1. The molecule has 0 saturated carbocycles. The standard InChI is InChI=1S/C31H39N3O5S2/c1-6-23(3)32-31(36)24(4)33(21-25-13-9-8-10-14-25)30(35)22-34(28-15-11-12-16-29(28)39-7-2)41(37,38)27-19-17-26(40-5)18-20-27/h8-20,23-24H,6-7,21-22H2,1-5H3,(H,32,36)/t23-,24-/m1/s1. The van der Waals surface area contributed by atoms with Gasteiger partial charge in [-0.25, -0.2) is 8.42 Å². The fraction of sp³-hybridized carbons (Fsp3) is 0.355. The van der Waals surface area contributed by atoms with E-state index in [0.717, 1.165) is 21.2 Å². The molecular formula is C31H39N3O5S2. The molecule has 0 unspecified atom stereocenters. The van der Waals surface area contributed by atoms with Gasteiger partial charge in [-0.1, -0.05) is 49.4 Å². The lowest BCUT2D eigenvalue weighted by Gasteiger charge is -2.33. The molecule has 0 fully saturated rings. The van der Waals surface area contributed by atoms with Crippen molar-refractivity contribution in [1.29, 1.82) is 0 Å². The third-order valence-corrected chi connectivity index (χ3v) is 9.24. The Hall–Kier alpha value is -3.50. The van der Waals surface area contributed by atoms with E-state index >= 15 is 0 Å². The summed E-state index contributed by atoms with van der Waals surface area (Å²) in [7, 11) is -4.19. The van der Waals surface area contributed by atoms with Gasteiger partial charge in [0.2, 0.25) is 11.8 Å². The Balaban J connectivity index is 2.07. The van der Waals surface area contributed by atoms with Crippen molar-refractivity contribution in [2.75, 3.05) is 23.7 Å². The molecule has 2 atom stereocenters. The van der Waals surface area contributed by atoms with Crippen LogP contribution in [0.2, 0.25) is 0 Å². The molecule has 2 amide bonds. The van der Waals surface area contributed by atoms with Crippen LogP contribution in [0, 0.1) is 0 Å². The highest BCUT2D eigenvalue weighted by atomic mass is 32.2. The molecule has 0 bridgehead atoms. The number of hydrogen-bond acceptors (Lipinski definition) is 6. The number of carbonyl (C=O) groups excluding carboxylic acids is 2. The van der Waals surface area contributed by atoms with Crippen molar-refractivity contribution >= 4 is 39.3 Å². The minimum Gasteiger partial charge on any atom is -0.492 e. The zero-order chi connectivity index (χ0) is 30.0. The highest BCUT2D eigenvalue weighted by molar-refractivity contribution is 7.98. The molecule has 0 radical (unpaired) electrons. The third-order valence-electron chi connectivity index (χ3n) is 6.72. The molecule has 0 aliphatic heterocycles. The number of hydrogen-bond donors (Lipinski definition) is 1. The summed E-state index contributed by atoms with van der Waals surface area (Å²) in [6.07, 6.45) is 2.65. The topological polar surface area (TPSA) is 96.0 Å². The lowest BCUT2D eigenvalue weighted by molar-refractivity contribution is -0.139. The van der Waals surface area contributed by atoms with Gasteiger partial charge in [-0.3, -0.25) is 13.9 Å². The zero-order valence-corrected chi connectivity index (χ0v) is 25.9. The van der Waals surface area contributed by atoms with Crippen LogP contribution < -0.4 is 14.4 Å². The van der Waals surface area contributed by atoms with Crippen LogP contribution in [0.1, 0.15) is 39.7 Å². The quantitative estimate of drug-likeness (QED) is 0.252. The number of para-hydroxylation sites is 2. The smallest absolute Gasteiger partial charge is 0.264 e. The number of carbonyl (C=O) groups is 2. The summed E-state index contributed by atoms with van der Waals surface area (Å²) < 4.78 is 35.1. The maximum Gasteiger partial charge on any atom is 0.264 e. The van der Waals surface area contributed by atoms with Gasteiger partial charge in [0, 0.05) is 17.5 Å². The Morgan fingerprint density at radius 1 is 0.927 bits per heavy atom. The van der Waals surface area contributed by atoms with Gasteiger partial charge in [0.15, 0.2) is 0 Å². The van der Waals surface area contributed by atoms with E-state index in [0.29, 0.717) is 12.4 Å². The molecule has 3 aromatic rings. The van der Waals surface area contributed by atoms with Crippen molar-refractivity contribution in [3.63, 3.8) is 0 Å². The van der Waals surface area contributed by atoms with Crippen molar-refractivity contribution in [1.82, 2.24) is 10.2 Å². The SMILES string of the molecule is CCOc1ccccc1N(CC(=O)N(Cc1ccccc1)[C@H](C)C(=O)N[C@H](C)CC)S(=O)(=O)c1ccc(SC)cc1. The Labute approximate surface area is 248 Å². The fourth-order valence-corrected chi connectivity index (χ4v) is 5.99. The van der Waals surface area contributed by atoms with E-state index in [4.69, 9.17) is 4.74 Å². The lowest BCUT2D eigenvalue weighted by atomic mass is 10.1. The first-order chi connectivity index (χ1) is 19.6. The van der Waals surface area contributed by atoms with Crippen LogP contribution in [-0.4, -0.2) is 56.6 Å². The summed E-state index contributed by atoms with van der Waals surface area (Å²) in [6, 6.07) is 21.7. The van der Waals surface area contributed by atoms with Crippen LogP contribution in [0.5, 0.6) is 5.75 Å². The molecule has 0 saturated heterocycles. The maximum atomic E-state index is 14.1. The molecule has 0 spiro atoms. The van der Waals surface area contributed by atoms with Gasteiger partial charge in [0.05, 0.1) is 17.2 Å². The molecule has 0 aromatic heterocycles. The molecule has 220 valence electrons. The van der Waals surface area contributed by atoms with Crippen LogP contribution in [-0.2, 0) is 26.2 Å². The van der Waals surface area contributed by atoms with Gasteiger partial charge < -0.3 is 15.0 Å². The predicted molar refractivity (Wildman–Crippen MR) is 165 cm³/mol. The number of benzene rings is 3. The van der Waals surface area contributed by atoms with Gasteiger partial charge in [0.1, 0.15) is 18.3 Å². The van der Waals surface area contributed by atoms with E-state index in [-0.39, 0.29) is 29.1 Å². The Kier molecular flexibility index (Phi) is 11.7. The van der Waals surface area contributed by atoms with E-state index in [2.05, 4.69) is 5.32 Å². The van der Waals surface area contributed by atoms with Crippen molar-refractivity contribution in [2.45, 2.75) is 62.5 Å². The van der Waals surface area contributed by atoms with Gasteiger partial charge in [-0.15, -0.1) is 11.8 Å². The average molecular weight is 598 g/mol. The number of amides is 2. The average Bonchev–Trinajstić information content (AvgIpc) is 2.99. The molecule has 0 aliphatic carbocycles. The highest BCUT2D eigenvalue weighted by Crippen LogP contribution is 2.33. The van der Waals surface area contributed by atoms with Crippen molar-refractivity contribution in [2.24, 2.45) is 0 Å². The third kappa shape index (κ3) is 8.27. The predicted octanol–water partition coefficient (Wildman–Crippen LogP) is 5.33. The minimum absolute atomic E-state index is 0.0478. The molecule has 10 heteroatoms. The normalized spacial score (nSPS) is 12.7. The van der Waals surface area contributed by atoms with E-state index in [1.807, 2.05) is 50.4 Å². The minimum atomic E-state index is -4.19.